The number of hydrogen-bond donors (Lipinski definition) is 0. The summed E-state index contributed by atoms with van der Waals surface area (Å²) >= 11 is 0. The molecule has 10 heavy (non-hydrogen) atoms. The summed E-state index contributed by atoms with van der Waals surface area (Å²) < 4.78 is 0. The molecule has 0 radical (unpaired) electrons. The van der Waals surface area contributed by atoms with Crippen LogP contribution in [0.5, 0.6) is 0 Å². The van der Waals surface area contributed by atoms with Crippen LogP contribution < -0.4 is 0 Å². The minimum Gasteiger partial charge on any atom is -0.268 e. The van der Waals surface area contributed by atoms with Crippen LogP contribution in [-0.4, -0.2) is 16.8 Å². The molecule has 1 rings (SSSR count). The molecule has 0 aromatic carbocycles. The summed E-state index contributed by atoms with van der Waals surface area (Å²) in [4.78, 5) is 5.77. The Morgan fingerprint density at radius 2 is 2.30 bits per heavy atom. The lowest BCUT2D eigenvalue weighted by Gasteiger charge is -2.20. The number of aliphatic imine (C=N–C) groups is 1. The summed E-state index contributed by atoms with van der Waals surface area (Å²) in [7, 11) is 0. The predicted octanol–water partition coefficient (Wildman–Crippen LogP) is 1.21. The number of nitrogens with zero attached hydrogens (tertiary/aromatic N) is 2. The van der Waals surface area contributed by atoms with Crippen LogP contribution in [0.1, 0.15) is 13.8 Å². The maximum absolute atomic E-state index is 5.13. The van der Waals surface area contributed by atoms with E-state index in [-0.39, 0.29) is 5.54 Å². The van der Waals surface area contributed by atoms with Crippen LogP contribution in [0.25, 0.3) is 0 Å². The lowest BCUT2D eigenvalue weighted by atomic mass is 10.1. The van der Waals surface area contributed by atoms with Crippen molar-refractivity contribution in [1.82, 2.24) is 4.90 Å². The largest absolute Gasteiger partial charge is 0.268 e. The first-order chi connectivity index (χ1) is 4.64. The smallest absolute Gasteiger partial charge is 0.102 e. The Kier molecular flexibility index (Phi) is 1.50. The summed E-state index contributed by atoms with van der Waals surface area (Å²) in [5.74, 6) is 0. The predicted molar refractivity (Wildman–Crippen MR) is 42.4 cm³/mol. The minimum absolute atomic E-state index is 0.0899. The van der Waals surface area contributed by atoms with Gasteiger partial charge in [-0.2, -0.15) is 0 Å². The Hall–Kier alpha value is -1.23. The fourth-order valence-corrected chi connectivity index (χ4v) is 0.632. The third-order valence-electron chi connectivity index (χ3n) is 1.31. The van der Waals surface area contributed by atoms with Crippen LogP contribution in [0.2, 0.25) is 0 Å². The van der Waals surface area contributed by atoms with Crippen molar-refractivity contribution in [2.45, 2.75) is 19.4 Å². The molecule has 1 heterocycles. The topological polar surface area (TPSA) is 15.6 Å². The zero-order valence-electron chi connectivity index (χ0n) is 6.20. The third kappa shape index (κ3) is 1.38. The van der Waals surface area contributed by atoms with E-state index in [9.17, 15) is 0 Å². The fraction of sp³-hybridized carbons (Fsp3) is 0.375. The number of terminal acetylenes is 1. The van der Waals surface area contributed by atoms with Gasteiger partial charge in [0.05, 0.1) is 5.54 Å². The highest BCUT2D eigenvalue weighted by Crippen LogP contribution is 2.13. The van der Waals surface area contributed by atoms with E-state index in [1.807, 2.05) is 26.1 Å². The van der Waals surface area contributed by atoms with Crippen molar-refractivity contribution in [3.63, 3.8) is 0 Å². The average Bonchev–Trinajstić information content (AvgIpc) is 1.88. The molecule has 0 aromatic heterocycles. The lowest BCUT2D eigenvalue weighted by Crippen LogP contribution is -2.22. The standard InChI is InChI=1S/C8H10N2/c1-4-10-6-5-8(2,3)9-7-10/h1,5-7H,2-3H3. The van der Waals surface area contributed by atoms with Crippen molar-refractivity contribution < 1.29 is 0 Å². The molecule has 0 amide bonds. The monoisotopic (exact) mass is 134 g/mol. The zero-order valence-corrected chi connectivity index (χ0v) is 6.20. The number of rotatable bonds is 0. The van der Waals surface area contributed by atoms with Crippen LogP contribution >= 0.6 is 0 Å². The van der Waals surface area contributed by atoms with Crippen LogP contribution in [0.15, 0.2) is 17.3 Å². The molecule has 0 atom stereocenters. The second-order valence-corrected chi connectivity index (χ2v) is 2.75. The van der Waals surface area contributed by atoms with Gasteiger partial charge in [-0.15, -0.1) is 0 Å². The van der Waals surface area contributed by atoms with Crippen LogP contribution in [0.3, 0.4) is 0 Å². The Bertz CT molecular complexity index is 202. The Balaban J connectivity index is 2.73. The molecule has 0 aromatic rings. The molecule has 2 nitrogen and oxygen atoms in total. The van der Waals surface area contributed by atoms with E-state index in [1.165, 1.54) is 0 Å². The van der Waals surface area contributed by atoms with E-state index >= 15 is 0 Å². The summed E-state index contributed by atoms with van der Waals surface area (Å²) in [6, 6.07) is 2.44. The highest BCUT2D eigenvalue weighted by molar-refractivity contribution is 5.62. The Labute approximate surface area is 61.3 Å². The van der Waals surface area contributed by atoms with Gasteiger partial charge in [0.1, 0.15) is 6.34 Å². The first kappa shape index (κ1) is 6.88. The first-order valence-corrected chi connectivity index (χ1v) is 3.13. The van der Waals surface area contributed by atoms with Crippen LogP contribution in [-0.2, 0) is 0 Å². The Morgan fingerprint density at radius 1 is 1.60 bits per heavy atom. The average molecular weight is 134 g/mol. The Morgan fingerprint density at radius 3 is 2.70 bits per heavy atom. The second-order valence-electron chi connectivity index (χ2n) is 2.75. The van der Waals surface area contributed by atoms with Crippen molar-refractivity contribution >= 4 is 6.34 Å². The maximum atomic E-state index is 5.13. The fourth-order valence-electron chi connectivity index (χ4n) is 0.632. The summed E-state index contributed by atoms with van der Waals surface area (Å²) in [5.41, 5.74) is -0.0899. The van der Waals surface area contributed by atoms with E-state index in [1.54, 1.807) is 11.2 Å². The molecule has 0 fully saturated rings. The van der Waals surface area contributed by atoms with Gasteiger partial charge in [-0.25, -0.2) is 0 Å². The molecule has 1 aliphatic heterocycles. The summed E-state index contributed by atoms with van der Waals surface area (Å²) in [6.07, 6.45) is 10.6. The minimum atomic E-state index is -0.0899. The van der Waals surface area contributed by atoms with Crippen LogP contribution in [0.4, 0.5) is 0 Å². The lowest BCUT2D eigenvalue weighted by molar-refractivity contribution is 0.612. The zero-order chi connectivity index (χ0) is 7.61. The molecule has 0 aliphatic carbocycles. The molecule has 2 heteroatoms. The van der Waals surface area contributed by atoms with Gasteiger partial charge in [0, 0.05) is 12.2 Å². The van der Waals surface area contributed by atoms with E-state index in [2.05, 4.69) is 11.0 Å². The second kappa shape index (κ2) is 2.18. The maximum Gasteiger partial charge on any atom is 0.102 e. The normalized spacial score (nSPS) is 20.7. The van der Waals surface area contributed by atoms with Crippen molar-refractivity contribution in [2.75, 3.05) is 0 Å². The van der Waals surface area contributed by atoms with Gasteiger partial charge < -0.3 is 0 Å². The van der Waals surface area contributed by atoms with Gasteiger partial charge in [-0.05, 0) is 19.9 Å². The SMILES string of the molecule is C#CN1C=CC(C)(C)N=C1. The van der Waals surface area contributed by atoms with E-state index in [0.29, 0.717) is 0 Å². The quantitative estimate of drug-likeness (QED) is 0.455. The van der Waals surface area contributed by atoms with Crippen LogP contribution in [0, 0.1) is 12.5 Å². The van der Waals surface area contributed by atoms with Gasteiger partial charge in [-0.3, -0.25) is 9.89 Å². The highest BCUT2D eigenvalue weighted by Gasteiger charge is 2.13. The molecular formula is C8H10N2. The molecule has 0 saturated carbocycles. The van der Waals surface area contributed by atoms with Gasteiger partial charge >= 0.3 is 0 Å². The van der Waals surface area contributed by atoms with Gasteiger partial charge in [-0.1, -0.05) is 6.42 Å². The van der Waals surface area contributed by atoms with Crippen molar-refractivity contribution in [1.29, 1.82) is 0 Å². The van der Waals surface area contributed by atoms with Gasteiger partial charge in [0.25, 0.3) is 0 Å². The van der Waals surface area contributed by atoms with E-state index in [0.717, 1.165) is 0 Å². The summed E-state index contributed by atoms with van der Waals surface area (Å²) in [5, 5.41) is 0. The van der Waals surface area contributed by atoms with E-state index < -0.39 is 0 Å². The molecule has 0 N–H and O–H groups in total. The van der Waals surface area contributed by atoms with Crippen molar-refractivity contribution in [3.8, 4) is 12.5 Å². The molecule has 0 bridgehead atoms. The molecular weight excluding hydrogens is 124 g/mol. The summed E-state index contributed by atoms with van der Waals surface area (Å²) in [6.45, 7) is 4.04. The molecule has 52 valence electrons. The van der Waals surface area contributed by atoms with E-state index in [4.69, 9.17) is 6.42 Å². The molecule has 0 unspecified atom stereocenters. The molecule has 0 spiro atoms. The third-order valence-corrected chi connectivity index (χ3v) is 1.31. The first-order valence-electron chi connectivity index (χ1n) is 3.13. The molecule has 1 aliphatic rings. The number of hydrogen-bond acceptors (Lipinski definition) is 2. The molecule has 0 saturated heterocycles. The van der Waals surface area contributed by atoms with Gasteiger partial charge in [0.2, 0.25) is 0 Å². The van der Waals surface area contributed by atoms with Crippen molar-refractivity contribution in [2.24, 2.45) is 4.99 Å². The van der Waals surface area contributed by atoms with Crippen molar-refractivity contribution in [3.05, 3.63) is 12.3 Å². The van der Waals surface area contributed by atoms with Gasteiger partial charge in [0.15, 0.2) is 0 Å². The highest BCUT2D eigenvalue weighted by atomic mass is 15.1.